The summed E-state index contributed by atoms with van der Waals surface area (Å²) in [4.78, 5) is 0. The van der Waals surface area contributed by atoms with E-state index in [1.807, 2.05) is 12.1 Å². The molecule has 2 aliphatic rings. The predicted molar refractivity (Wildman–Crippen MR) is 80.4 cm³/mol. The minimum absolute atomic E-state index is 0.300. The summed E-state index contributed by atoms with van der Waals surface area (Å²) in [6, 6.07) is 10.2. The Morgan fingerprint density at radius 1 is 0.950 bits per heavy atom. The third-order valence-corrected chi connectivity index (χ3v) is 4.16. The number of ether oxygens (including phenoxy) is 2. The summed E-state index contributed by atoms with van der Waals surface area (Å²) in [7, 11) is 0. The van der Waals surface area contributed by atoms with E-state index in [4.69, 9.17) is 21.1 Å². The van der Waals surface area contributed by atoms with Crippen molar-refractivity contribution >= 4 is 17.2 Å². The van der Waals surface area contributed by atoms with Gasteiger partial charge in [0.05, 0.1) is 0 Å². The van der Waals surface area contributed by atoms with Gasteiger partial charge >= 0.3 is 0 Å². The van der Waals surface area contributed by atoms with Crippen molar-refractivity contribution in [2.75, 3.05) is 6.79 Å². The normalized spacial score (nSPS) is 15.2. The summed E-state index contributed by atoms with van der Waals surface area (Å²) in [5.41, 5.74) is 6.11. The van der Waals surface area contributed by atoms with Crippen LogP contribution in [0.5, 0.6) is 11.5 Å². The van der Waals surface area contributed by atoms with Gasteiger partial charge in [0.1, 0.15) is 0 Å². The Kier molecular flexibility index (Phi) is 2.54. The molecule has 1 aliphatic carbocycles. The van der Waals surface area contributed by atoms with Gasteiger partial charge in [-0.05, 0) is 65.4 Å². The maximum Gasteiger partial charge on any atom is 0.231 e. The summed E-state index contributed by atoms with van der Waals surface area (Å²) in [5, 5.41) is 0.777. The molecule has 4 rings (SSSR count). The maximum atomic E-state index is 6.12. The Morgan fingerprint density at radius 2 is 1.70 bits per heavy atom. The molecule has 0 amide bonds. The predicted octanol–water partition coefficient (Wildman–Crippen LogP) is 4.70. The van der Waals surface area contributed by atoms with Crippen molar-refractivity contribution in [2.24, 2.45) is 0 Å². The van der Waals surface area contributed by atoms with Crippen molar-refractivity contribution in [1.82, 2.24) is 0 Å². The van der Waals surface area contributed by atoms with Crippen molar-refractivity contribution in [3.8, 4) is 22.6 Å². The molecule has 0 saturated heterocycles. The summed E-state index contributed by atoms with van der Waals surface area (Å²) >= 11 is 6.12. The second-order valence-electron chi connectivity index (χ2n) is 5.14. The van der Waals surface area contributed by atoms with Gasteiger partial charge in [0.15, 0.2) is 11.5 Å². The molecule has 0 fully saturated rings. The highest BCUT2D eigenvalue weighted by Gasteiger charge is 2.21. The third-order valence-electron chi connectivity index (χ3n) is 3.92. The molecule has 0 unspecified atom stereocenters. The van der Waals surface area contributed by atoms with Crippen molar-refractivity contribution < 1.29 is 9.47 Å². The molecule has 3 heteroatoms. The van der Waals surface area contributed by atoms with Gasteiger partial charge in [-0.2, -0.15) is 0 Å². The smallest absolute Gasteiger partial charge is 0.231 e. The van der Waals surface area contributed by atoms with Crippen LogP contribution in [0.15, 0.2) is 36.4 Å². The Labute approximate surface area is 122 Å². The summed E-state index contributed by atoms with van der Waals surface area (Å²) in [5.74, 6) is 1.65. The molecule has 1 aliphatic heterocycles. The van der Waals surface area contributed by atoms with E-state index in [2.05, 4.69) is 31.2 Å². The van der Waals surface area contributed by atoms with E-state index in [0.717, 1.165) is 22.9 Å². The van der Waals surface area contributed by atoms with Gasteiger partial charge in [-0.15, -0.1) is 0 Å². The number of hydrogen-bond acceptors (Lipinski definition) is 2. The monoisotopic (exact) mass is 284 g/mol. The van der Waals surface area contributed by atoms with Gasteiger partial charge < -0.3 is 9.47 Å². The van der Waals surface area contributed by atoms with E-state index in [1.165, 1.54) is 27.8 Å². The van der Waals surface area contributed by atoms with Crippen LogP contribution in [0.4, 0.5) is 0 Å². The molecule has 2 aromatic rings. The largest absolute Gasteiger partial charge is 0.454 e. The molecule has 1 heterocycles. The van der Waals surface area contributed by atoms with E-state index < -0.39 is 0 Å². The van der Waals surface area contributed by atoms with E-state index >= 15 is 0 Å². The fourth-order valence-corrected chi connectivity index (χ4v) is 3.05. The Balaban J connectivity index is 2.02. The average molecular weight is 285 g/mol. The van der Waals surface area contributed by atoms with Crippen molar-refractivity contribution in [1.29, 1.82) is 0 Å². The fourth-order valence-electron chi connectivity index (χ4n) is 2.86. The summed E-state index contributed by atoms with van der Waals surface area (Å²) in [6.07, 6.45) is 3.13. The standard InChI is InChI=1S/C17H13ClO2/c1-10-2-3-11-6-12(18)4-5-13(11)15-8-17-16(7-14(10)15)19-9-20-17/h2,4-8H,3,9H2,1H3. The lowest BCUT2D eigenvalue weighted by atomic mass is 9.94. The molecule has 2 aromatic carbocycles. The third kappa shape index (κ3) is 1.72. The van der Waals surface area contributed by atoms with Crippen LogP contribution in [0.1, 0.15) is 18.1 Å². The van der Waals surface area contributed by atoms with Gasteiger partial charge in [0.2, 0.25) is 6.79 Å². The Bertz CT molecular complexity index is 747. The van der Waals surface area contributed by atoms with Crippen molar-refractivity contribution in [3.63, 3.8) is 0 Å². The molecule has 0 bridgehead atoms. The quantitative estimate of drug-likeness (QED) is 0.698. The van der Waals surface area contributed by atoms with E-state index in [0.29, 0.717) is 6.79 Å². The van der Waals surface area contributed by atoms with Crippen LogP contribution >= 0.6 is 11.6 Å². The molecule has 0 saturated carbocycles. The molecule has 100 valence electrons. The highest BCUT2D eigenvalue weighted by Crippen LogP contribution is 2.43. The number of allylic oxidation sites excluding steroid dienone is 2. The van der Waals surface area contributed by atoms with Gasteiger partial charge in [-0.1, -0.05) is 23.7 Å². The van der Waals surface area contributed by atoms with E-state index in [9.17, 15) is 0 Å². The lowest BCUT2D eigenvalue weighted by molar-refractivity contribution is 0.174. The summed E-state index contributed by atoms with van der Waals surface area (Å²) in [6.45, 7) is 2.43. The first-order chi connectivity index (χ1) is 9.72. The Morgan fingerprint density at radius 3 is 2.50 bits per heavy atom. The van der Waals surface area contributed by atoms with Gasteiger partial charge in [0.25, 0.3) is 0 Å². The first-order valence-electron chi connectivity index (χ1n) is 6.62. The van der Waals surface area contributed by atoms with Crippen LogP contribution in [0.3, 0.4) is 0 Å². The van der Waals surface area contributed by atoms with Crippen LogP contribution in [0, 0.1) is 0 Å². The zero-order valence-electron chi connectivity index (χ0n) is 11.1. The minimum Gasteiger partial charge on any atom is -0.454 e. The van der Waals surface area contributed by atoms with E-state index in [1.54, 1.807) is 0 Å². The van der Waals surface area contributed by atoms with Gasteiger partial charge in [-0.25, -0.2) is 0 Å². The second kappa shape index (κ2) is 4.29. The number of fused-ring (bicyclic) bond motifs is 4. The first kappa shape index (κ1) is 11.9. The lowest BCUT2D eigenvalue weighted by Gasteiger charge is -2.12. The van der Waals surface area contributed by atoms with E-state index in [-0.39, 0.29) is 0 Å². The number of rotatable bonds is 0. The number of benzene rings is 2. The van der Waals surface area contributed by atoms with Crippen LogP contribution in [-0.4, -0.2) is 6.79 Å². The van der Waals surface area contributed by atoms with Crippen LogP contribution in [-0.2, 0) is 6.42 Å². The molecular formula is C17H13ClO2. The van der Waals surface area contributed by atoms with Gasteiger partial charge in [0, 0.05) is 5.02 Å². The fraction of sp³-hybridized carbons (Fsp3) is 0.176. The molecule has 0 N–H and O–H groups in total. The molecule has 20 heavy (non-hydrogen) atoms. The second-order valence-corrected chi connectivity index (χ2v) is 5.58. The highest BCUT2D eigenvalue weighted by atomic mass is 35.5. The SMILES string of the molecule is CC1=CCc2cc(Cl)ccc2-c2cc3c(cc21)OCO3. The molecule has 2 nitrogen and oxygen atoms in total. The maximum absolute atomic E-state index is 6.12. The first-order valence-corrected chi connectivity index (χ1v) is 7.00. The van der Waals surface area contributed by atoms with Crippen molar-refractivity contribution in [3.05, 3.63) is 52.6 Å². The molecular weight excluding hydrogens is 272 g/mol. The zero-order chi connectivity index (χ0) is 13.7. The molecule has 0 spiro atoms. The van der Waals surface area contributed by atoms with Crippen LogP contribution in [0.2, 0.25) is 5.02 Å². The lowest BCUT2D eigenvalue weighted by Crippen LogP contribution is -1.93. The summed E-state index contributed by atoms with van der Waals surface area (Å²) < 4.78 is 11.0. The topological polar surface area (TPSA) is 18.5 Å². The zero-order valence-corrected chi connectivity index (χ0v) is 11.8. The Hall–Kier alpha value is -1.93. The minimum atomic E-state index is 0.300. The van der Waals surface area contributed by atoms with Crippen LogP contribution in [0.25, 0.3) is 16.7 Å². The molecule has 0 radical (unpaired) electrons. The van der Waals surface area contributed by atoms with Crippen LogP contribution < -0.4 is 9.47 Å². The van der Waals surface area contributed by atoms with Crippen molar-refractivity contribution in [2.45, 2.75) is 13.3 Å². The number of halogens is 1. The van der Waals surface area contributed by atoms with Gasteiger partial charge in [-0.3, -0.25) is 0 Å². The average Bonchev–Trinajstić information content (AvgIpc) is 2.86. The molecule has 0 atom stereocenters. The number of hydrogen-bond donors (Lipinski definition) is 0. The highest BCUT2D eigenvalue weighted by molar-refractivity contribution is 6.30. The molecule has 0 aromatic heterocycles.